The fraction of sp³-hybridized carbons (Fsp3) is 0.367. The van der Waals surface area contributed by atoms with Crippen molar-refractivity contribution in [1.29, 1.82) is 0 Å². The Morgan fingerprint density at radius 1 is 1.10 bits per heavy atom. The summed E-state index contributed by atoms with van der Waals surface area (Å²) in [5, 5.41) is 17.6. The van der Waals surface area contributed by atoms with Crippen molar-refractivity contribution in [3.8, 4) is 11.3 Å². The molecule has 2 saturated heterocycles. The van der Waals surface area contributed by atoms with E-state index in [0.29, 0.717) is 55.6 Å². The summed E-state index contributed by atoms with van der Waals surface area (Å²) >= 11 is 0. The maximum Gasteiger partial charge on any atom is 0.254 e. The molecule has 6 heterocycles. The van der Waals surface area contributed by atoms with Gasteiger partial charge in [-0.3, -0.25) is 14.1 Å². The van der Waals surface area contributed by atoms with Gasteiger partial charge in [-0.15, -0.1) is 0 Å². The number of piperidine rings is 1. The van der Waals surface area contributed by atoms with Crippen LogP contribution in [0, 0.1) is 5.82 Å². The van der Waals surface area contributed by atoms with Gasteiger partial charge in [0.05, 0.1) is 53.8 Å². The lowest BCUT2D eigenvalue weighted by Gasteiger charge is -2.43. The summed E-state index contributed by atoms with van der Waals surface area (Å²) in [5.74, 6) is 0.113. The molecule has 41 heavy (non-hydrogen) atoms. The van der Waals surface area contributed by atoms with Gasteiger partial charge in [-0.05, 0) is 42.7 Å². The zero-order chi connectivity index (χ0) is 28.0. The summed E-state index contributed by atoms with van der Waals surface area (Å²) in [5.41, 5.74) is 4.43. The summed E-state index contributed by atoms with van der Waals surface area (Å²) in [4.78, 5) is 26.4. The third kappa shape index (κ3) is 5.01. The number of carbonyl (C=O) groups is 1. The molecule has 0 spiro atoms. The largest absolute Gasteiger partial charge is 0.387 e. The molecule has 1 amide bonds. The van der Waals surface area contributed by atoms with Crippen LogP contribution in [0.5, 0.6) is 0 Å². The maximum atomic E-state index is 13.7. The molecule has 3 aliphatic rings. The average Bonchev–Trinajstić information content (AvgIpc) is 3.57. The first-order valence-electron chi connectivity index (χ1n) is 14.0. The van der Waals surface area contributed by atoms with Crippen LogP contribution in [0.1, 0.15) is 28.8 Å². The lowest BCUT2D eigenvalue weighted by molar-refractivity contribution is -0.0382. The van der Waals surface area contributed by atoms with Gasteiger partial charge in [0.25, 0.3) is 5.91 Å². The number of halogens is 1. The number of ether oxygens (including phenoxy) is 1. The van der Waals surface area contributed by atoms with E-state index in [-0.39, 0.29) is 11.7 Å². The summed E-state index contributed by atoms with van der Waals surface area (Å²) < 4.78 is 21.0. The van der Waals surface area contributed by atoms with Crippen LogP contribution in [0.15, 0.2) is 55.0 Å². The van der Waals surface area contributed by atoms with Crippen LogP contribution < -0.4 is 15.5 Å². The molecule has 1 unspecified atom stereocenters. The molecule has 3 aromatic heterocycles. The molecule has 212 valence electrons. The van der Waals surface area contributed by atoms with Gasteiger partial charge < -0.3 is 25.4 Å². The highest BCUT2D eigenvalue weighted by Gasteiger charge is 2.35. The summed E-state index contributed by atoms with van der Waals surface area (Å²) in [6.07, 6.45) is 6.85. The molecule has 3 N–H and O–H groups in total. The van der Waals surface area contributed by atoms with Crippen LogP contribution in [0.3, 0.4) is 0 Å². The molecule has 11 heteroatoms. The van der Waals surface area contributed by atoms with Crippen molar-refractivity contribution in [1.82, 2.24) is 24.6 Å². The van der Waals surface area contributed by atoms with Gasteiger partial charge in [0.2, 0.25) is 0 Å². The molecule has 3 aliphatic heterocycles. The fourth-order valence-electron chi connectivity index (χ4n) is 6.27. The van der Waals surface area contributed by atoms with E-state index in [1.165, 1.54) is 12.1 Å². The molecule has 0 aliphatic carbocycles. The van der Waals surface area contributed by atoms with E-state index in [1.54, 1.807) is 12.4 Å². The van der Waals surface area contributed by atoms with Gasteiger partial charge in [0, 0.05) is 57.1 Å². The minimum absolute atomic E-state index is 0.159. The van der Waals surface area contributed by atoms with E-state index in [9.17, 15) is 14.3 Å². The Morgan fingerprint density at radius 2 is 1.98 bits per heavy atom. The molecule has 10 nitrogen and oxygen atoms in total. The van der Waals surface area contributed by atoms with Gasteiger partial charge in [-0.2, -0.15) is 0 Å². The van der Waals surface area contributed by atoms with Gasteiger partial charge in [-0.1, -0.05) is 6.07 Å². The number of hydrogen-bond donors (Lipinski definition) is 3. The first-order valence-corrected chi connectivity index (χ1v) is 14.0. The van der Waals surface area contributed by atoms with Crippen molar-refractivity contribution in [3.63, 3.8) is 0 Å². The number of fused-ring (bicyclic) bond motifs is 2. The highest BCUT2D eigenvalue weighted by atomic mass is 19.1. The Hall–Kier alpha value is -4.06. The average molecular weight is 558 g/mol. The Labute approximate surface area is 236 Å². The Kier molecular flexibility index (Phi) is 6.57. The first-order chi connectivity index (χ1) is 20.0. The quantitative estimate of drug-likeness (QED) is 0.332. The van der Waals surface area contributed by atoms with E-state index in [2.05, 4.69) is 30.4 Å². The lowest BCUT2D eigenvalue weighted by atomic mass is 9.91. The minimum atomic E-state index is -0.767. The number of rotatable bonds is 6. The van der Waals surface area contributed by atoms with E-state index < -0.39 is 5.60 Å². The number of morpholine rings is 1. The maximum absolute atomic E-state index is 13.7. The van der Waals surface area contributed by atoms with Crippen LogP contribution in [-0.2, 0) is 11.3 Å². The normalized spacial score (nSPS) is 21.2. The third-order valence-corrected chi connectivity index (χ3v) is 8.27. The predicted octanol–water partition coefficient (Wildman–Crippen LogP) is 3.19. The number of aromatic nitrogens is 3. The second kappa shape index (κ2) is 10.4. The van der Waals surface area contributed by atoms with Gasteiger partial charge in [0.1, 0.15) is 17.3 Å². The summed E-state index contributed by atoms with van der Waals surface area (Å²) in [6, 6.07) is 10.5. The Morgan fingerprint density at radius 3 is 2.80 bits per heavy atom. The standard InChI is InChI=1S/C30H32FN7O3/c31-20-6-9-38-25(17-33-27(38)14-20)22-3-4-24(28-23(22)16-34-29(28)39)35-26-5-2-21(15-32-26)37-8-1-7-30(40,19-37)18-36-10-12-41-13-11-36/h2-6,9,14-15,17,40H,1,7-8,10-13,16,18-19H2,(H,32,35)(H,34,39). The van der Waals surface area contributed by atoms with Crippen molar-refractivity contribution >= 4 is 28.7 Å². The number of imidazole rings is 1. The fourth-order valence-corrected chi connectivity index (χ4v) is 6.27. The van der Waals surface area contributed by atoms with E-state index >= 15 is 0 Å². The molecule has 0 radical (unpaired) electrons. The van der Waals surface area contributed by atoms with Crippen LogP contribution in [0.25, 0.3) is 16.9 Å². The number of anilines is 3. The number of β-amino-alcohol motifs (C(OH)–C–C–N with tert-alkyl or cyclic N) is 1. The number of benzene rings is 1. The molecule has 0 saturated carbocycles. The zero-order valence-corrected chi connectivity index (χ0v) is 22.6. The highest BCUT2D eigenvalue weighted by Crippen LogP contribution is 2.36. The van der Waals surface area contributed by atoms with Crippen LogP contribution in [0.4, 0.5) is 21.6 Å². The number of amides is 1. The summed E-state index contributed by atoms with van der Waals surface area (Å²) in [6.45, 7) is 5.60. The molecule has 1 aromatic carbocycles. The Balaban J connectivity index is 1.10. The van der Waals surface area contributed by atoms with Gasteiger partial charge in [-0.25, -0.2) is 14.4 Å². The molecule has 4 aromatic rings. The second-order valence-corrected chi connectivity index (χ2v) is 11.1. The number of aliphatic hydroxyl groups is 1. The predicted molar refractivity (Wildman–Crippen MR) is 153 cm³/mol. The zero-order valence-electron chi connectivity index (χ0n) is 22.6. The Bertz CT molecular complexity index is 1600. The molecule has 7 rings (SSSR count). The number of carbonyl (C=O) groups excluding carboxylic acids is 1. The van der Waals surface area contributed by atoms with E-state index in [1.807, 2.05) is 34.9 Å². The SMILES string of the molecule is O=C1NCc2c(-c3cnc4cc(F)ccn34)ccc(Nc3ccc(N4CCCC(O)(CN5CCOCC5)C4)cn3)c21. The third-order valence-electron chi connectivity index (χ3n) is 8.27. The van der Waals surface area contributed by atoms with E-state index in [0.717, 1.165) is 55.0 Å². The van der Waals surface area contributed by atoms with Crippen molar-refractivity contribution in [2.75, 3.05) is 56.2 Å². The molecule has 1 atom stereocenters. The van der Waals surface area contributed by atoms with Crippen molar-refractivity contribution < 1.29 is 19.0 Å². The van der Waals surface area contributed by atoms with Crippen LogP contribution >= 0.6 is 0 Å². The first kappa shape index (κ1) is 25.9. The molecular formula is C30H32FN7O3. The van der Waals surface area contributed by atoms with E-state index in [4.69, 9.17) is 4.74 Å². The minimum Gasteiger partial charge on any atom is -0.387 e. The number of pyridine rings is 2. The van der Waals surface area contributed by atoms with Gasteiger partial charge in [0.15, 0.2) is 0 Å². The monoisotopic (exact) mass is 557 g/mol. The smallest absolute Gasteiger partial charge is 0.254 e. The lowest BCUT2D eigenvalue weighted by Crippen LogP contribution is -2.56. The summed E-state index contributed by atoms with van der Waals surface area (Å²) in [7, 11) is 0. The highest BCUT2D eigenvalue weighted by molar-refractivity contribution is 6.06. The molecule has 0 bridgehead atoms. The topological polar surface area (TPSA) is 107 Å². The number of nitrogens with one attached hydrogen (secondary N) is 2. The van der Waals surface area contributed by atoms with Crippen molar-refractivity contribution in [2.45, 2.75) is 25.0 Å². The van der Waals surface area contributed by atoms with Gasteiger partial charge >= 0.3 is 0 Å². The van der Waals surface area contributed by atoms with Crippen molar-refractivity contribution in [3.05, 3.63) is 71.9 Å². The number of nitrogens with zero attached hydrogens (tertiary/aromatic N) is 5. The number of hydrogen-bond acceptors (Lipinski definition) is 8. The molecular weight excluding hydrogens is 525 g/mol. The second-order valence-electron chi connectivity index (χ2n) is 11.1. The van der Waals surface area contributed by atoms with Crippen LogP contribution in [-0.4, -0.2) is 81.8 Å². The molecule has 2 fully saturated rings. The van der Waals surface area contributed by atoms with Crippen LogP contribution in [0.2, 0.25) is 0 Å². The van der Waals surface area contributed by atoms with Crippen molar-refractivity contribution in [2.24, 2.45) is 0 Å².